The smallest absolute Gasteiger partial charge is 0.269 e. The van der Waals surface area contributed by atoms with E-state index >= 15 is 0 Å². The zero-order valence-corrected chi connectivity index (χ0v) is 16.2. The van der Waals surface area contributed by atoms with Crippen molar-refractivity contribution < 1.29 is 9.72 Å². The van der Waals surface area contributed by atoms with Gasteiger partial charge < -0.3 is 5.32 Å². The lowest BCUT2D eigenvalue weighted by molar-refractivity contribution is -0.384. The number of nitrogens with zero attached hydrogens (tertiary/aromatic N) is 3. The van der Waals surface area contributed by atoms with E-state index in [4.69, 9.17) is 0 Å². The number of nitrogens with one attached hydrogen (secondary N) is 1. The molecule has 0 saturated carbocycles. The summed E-state index contributed by atoms with van der Waals surface area (Å²) in [4.78, 5) is 31.6. The van der Waals surface area contributed by atoms with Gasteiger partial charge in [0.25, 0.3) is 5.69 Å². The number of amides is 1. The molecule has 0 bridgehead atoms. The van der Waals surface area contributed by atoms with E-state index in [1.165, 1.54) is 30.8 Å². The second kappa shape index (κ2) is 8.62. The van der Waals surface area contributed by atoms with Crippen molar-refractivity contribution in [2.75, 3.05) is 5.32 Å². The molecule has 28 heavy (non-hydrogen) atoms. The number of hydrogen-bond donors (Lipinski definition) is 1. The van der Waals surface area contributed by atoms with E-state index in [0.29, 0.717) is 5.82 Å². The Morgan fingerprint density at radius 3 is 2.36 bits per heavy atom. The molecule has 2 aromatic carbocycles. The Balaban J connectivity index is 1.86. The Kier molecular flexibility index (Phi) is 6.00. The fourth-order valence-corrected chi connectivity index (χ4v) is 3.34. The molecule has 0 aliphatic heterocycles. The molecule has 1 heterocycles. The van der Waals surface area contributed by atoms with Gasteiger partial charge in [-0.1, -0.05) is 18.7 Å². The van der Waals surface area contributed by atoms with Crippen LogP contribution in [0.3, 0.4) is 0 Å². The van der Waals surface area contributed by atoms with Gasteiger partial charge in [0.2, 0.25) is 5.91 Å². The number of carbonyl (C=O) groups excluding carboxylic acids is 1. The number of nitro benzene ring substituents is 1. The van der Waals surface area contributed by atoms with Crippen LogP contribution in [-0.2, 0) is 11.2 Å². The zero-order chi connectivity index (χ0) is 20.1. The molecule has 1 aromatic heterocycles. The lowest BCUT2D eigenvalue weighted by Gasteiger charge is -2.08. The summed E-state index contributed by atoms with van der Waals surface area (Å²) in [5, 5.41) is 14.4. The van der Waals surface area contributed by atoms with Gasteiger partial charge in [-0.05, 0) is 48.9 Å². The van der Waals surface area contributed by atoms with Crippen LogP contribution in [0.4, 0.5) is 11.4 Å². The van der Waals surface area contributed by atoms with Crippen molar-refractivity contribution in [3.63, 3.8) is 0 Å². The van der Waals surface area contributed by atoms with Gasteiger partial charge in [0, 0.05) is 40.9 Å². The molecule has 8 heteroatoms. The lowest BCUT2D eigenvalue weighted by Crippen LogP contribution is -2.05. The standard InChI is InChI=1S/C20H18N4O3S/c1-3-15-12-19(28-18-10-6-16(7-11-18)21-13(2)25)23-20(22-15)14-4-8-17(9-5-14)24(26)27/h4-12H,3H2,1-2H3,(H,21,25). The fraction of sp³-hybridized carbons (Fsp3) is 0.150. The van der Waals surface area contributed by atoms with Crippen LogP contribution >= 0.6 is 11.8 Å². The van der Waals surface area contributed by atoms with Gasteiger partial charge in [0.05, 0.1) is 4.92 Å². The highest BCUT2D eigenvalue weighted by Crippen LogP contribution is 2.30. The third kappa shape index (κ3) is 4.92. The highest BCUT2D eigenvalue weighted by Gasteiger charge is 2.10. The third-order valence-electron chi connectivity index (χ3n) is 3.85. The number of aromatic nitrogens is 2. The Morgan fingerprint density at radius 2 is 1.79 bits per heavy atom. The summed E-state index contributed by atoms with van der Waals surface area (Å²) >= 11 is 1.49. The van der Waals surface area contributed by atoms with Crippen molar-refractivity contribution in [3.05, 3.63) is 70.4 Å². The van der Waals surface area contributed by atoms with E-state index in [1.807, 2.05) is 37.3 Å². The van der Waals surface area contributed by atoms with Crippen molar-refractivity contribution in [1.29, 1.82) is 0 Å². The first-order valence-electron chi connectivity index (χ1n) is 8.63. The average Bonchev–Trinajstić information content (AvgIpc) is 2.69. The molecule has 7 nitrogen and oxygen atoms in total. The van der Waals surface area contributed by atoms with Crippen LogP contribution in [0.15, 0.2) is 64.5 Å². The Hall–Kier alpha value is -3.26. The second-order valence-corrected chi connectivity index (χ2v) is 7.08. The van der Waals surface area contributed by atoms with Gasteiger partial charge >= 0.3 is 0 Å². The maximum atomic E-state index is 11.1. The maximum absolute atomic E-state index is 11.1. The summed E-state index contributed by atoms with van der Waals surface area (Å²) in [6, 6.07) is 15.6. The molecule has 3 aromatic rings. The molecule has 0 saturated heterocycles. The molecule has 0 aliphatic rings. The summed E-state index contributed by atoms with van der Waals surface area (Å²) in [6.07, 6.45) is 0.748. The van der Waals surface area contributed by atoms with E-state index in [2.05, 4.69) is 15.3 Å². The van der Waals surface area contributed by atoms with Crippen LogP contribution < -0.4 is 5.32 Å². The summed E-state index contributed by atoms with van der Waals surface area (Å²) in [5.41, 5.74) is 2.38. The number of rotatable bonds is 6. The Bertz CT molecular complexity index is 1000. The summed E-state index contributed by atoms with van der Waals surface area (Å²) in [7, 11) is 0. The van der Waals surface area contributed by atoms with Crippen LogP contribution in [0, 0.1) is 10.1 Å². The molecule has 0 unspecified atom stereocenters. The van der Waals surface area contributed by atoms with Gasteiger partial charge in [-0.15, -0.1) is 0 Å². The molecule has 1 amide bonds. The van der Waals surface area contributed by atoms with Crippen molar-refractivity contribution in [1.82, 2.24) is 9.97 Å². The molecule has 142 valence electrons. The Labute approximate surface area is 166 Å². The van der Waals surface area contributed by atoms with Gasteiger partial charge in [0.1, 0.15) is 5.03 Å². The number of nitro groups is 1. The van der Waals surface area contributed by atoms with Gasteiger partial charge in [0.15, 0.2) is 5.82 Å². The summed E-state index contributed by atoms with van der Waals surface area (Å²) < 4.78 is 0. The van der Waals surface area contributed by atoms with Gasteiger partial charge in [-0.3, -0.25) is 14.9 Å². The van der Waals surface area contributed by atoms with Crippen LogP contribution in [0.5, 0.6) is 0 Å². The first-order chi connectivity index (χ1) is 13.4. The minimum absolute atomic E-state index is 0.0317. The molecule has 0 spiro atoms. The first kappa shape index (κ1) is 19.5. The van der Waals surface area contributed by atoms with Crippen molar-refractivity contribution in [3.8, 4) is 11.4 Å². The van der Waals surface area contributed by atoms with Crippen LogP contribution in [0.2, 0.25) is 0 Å². The molecular formula is C20H18N4O3S. The first-order valence-corrected chi connectivity index (χ1v) is 9.44. The molecule has 1 N–H and O–H groups in total. The van der Waals surface area contributed by atoms with Crippen LogP contribution in [-0.4, -0.2) is 20.8 Å². The average molecular weight is 394 g/mol. The number of aryl methyl sites for hydroxylation is 1. The van der Waals surface area contributed by atoms with Crippen molar-refractivity contribution >= 4 is 29.0 Å². The predicted octanol–water partition coefficient (Wildman–Crippen LogP) is 4.72. The van der Waals surface area contributed by atoms with Crippen LogP contribution in [0.1, 0.15) is 19.5 Å². The number of anilines is 1. The molecule has 0 atom stereocenters. The number of non-ortho nitro benzene ring substituents is 1. The molecule has 3 rings (SSSR count). The monoisotopic (exact) mass is 394 g/mol. The number of benzene rings is 2. The van der Waals surface area contributed by atoms with E-state index < -0.39 is 4.92 Å². The normalized spacial score (nSPS) is 10.5. The minimum Gasteiger partial charge on any atom is -0.326 e. The zero-order valence-electron chi connectivity index (χ0n) is 15.4. The predicted molar refractivity (Wildman–Crippen MR) is 108 cm³/mol. The van der Waals surface area contributed by atoms with Gasteiger partial charge in [-0.2, -0.15) is 0 Å². The molecule has 0 radical (unpaired) electrons. The van der Waals surface area contributed by atoms with E-state index in [9.17, 15) is 14.9 Å². The highest BCUT2D eigenvalue weighted by molar-refractivity contribution is 7.99. The third-order valence-corrected chi connectivity index (χ3v) is 4.78. The van der Waals surface area contributed by atoms with Crippen molar-refractivity contribution in [2.24, 2.45) is 0 Å². The van der Waals surface area contributed by atoms with E-state index in [0.717, 1.165) is 33.3 Å². The summed E-state index contributed by atoms with van der Waals surface area (Å²) in [5.74, 6) is 0.420. The van der Waals surface area contributed by atoms with E-state index in [-0.39, 0.29) is 11.6 Å². The minimum atomic E-state index is -0.432. The summed E-state index contributed by atoms with van der Waals surface area (Å²) in [6.45, 7) is 3.48. The lowest BCUT2D eigenvalue weighted by atomic mass is 10.2. The van der Waals surface area contributed by atoms with Crippen molar-refractivity contribution in [2.45, 2.75) is 30.2 Å². The second-order valence-electron chi connectivity index (χ2n) is 5.99. The maximum Gasteiger partial charge on any atom is 0.269 e. The SMILES string of the molecule is CCc1cc(Sc2ccc(NC(C)=O)cc2)nc(-c2ccc([N+](=O)[O-])cc2)n1. The van der Waals surface area contributed by atoms with E-state index in [1.54, 1.807) is 12.1 Å². The van der Waals surface area contributed by atoms with Gasteiger partial charge in [-0.25, -0.2) is 9.97 Å². The number of carbonyl (C=O) groups is 1. The largest absolute Gasteiger partial charge is 0.326 e. The topological polar surface area (TPSA) is 98.0 Å². The number of hydrogen-bond acceptors (Lipinski definition) is 6. The highest BCUT2D eigenvalue weighted by atomic mass is 32.2. The quantitative estimate of drug-likeness (QED) is 0.369. The fourth-order valence-electron chi connectivity index (χ4n) is 2.50. The van der Waals surface area contributed by atoms with Crippen LogP contribution in [0.25, 0.3) is 11.4 Å². The molecule has 0 fully saturated rings. The molecule has 0 aliphatic carbocycles. The Morgan fingerprint density at radius 1 is 1.11 bits per heavy atom. The molecular weight excluding hydrogens is 376 g/mol.